The Bertz CT molecular complexity index is 783. The van der Waals surface area contributed by atoms with E-state index in [0.29, 0.717) is 6.42 Å². The minimum Gasteiger partial charge on any atom is -0.418 e. The van der Waals surface area contributed by atoms with Crippen molar-refractivity contribution in [3.63, 3.8) is 0 Å². The monoisotopic (exact) mass is 425 g/mol. The Kier molecular flexibility index (Phi) is 8.64. The molecule has 2 aromatic carbocycles. The summed E-state index contributed by atoms with van der Waals surface area (Å²) in [6, 6.07) is 20.4. The van der Waals surface area contributed by atoms with Crippen LogP contribution >= 0.6 is 0 Å². The number of likely N-dealkylation sites (N-methyl/N-ethyl adjacent to an activating group) is 1. The van der Waals surface area contributed by atoms with Crippen LogP contribution in [-0.4, -0.2) is 48.2 Å². The summed E-state index contributed by atoms with van der Waals surface area (Å²) in [4.78, 5) is 0. The van der Waals surface area contributed by atoms with Gasteiger partial charge in [-0.15, -0.1) is 0 Å². The normalized spacial score (nSPS) is 23.2. The molecular weight excluding hydrogens is 397 g/mol. The molecular formula is C22H28BF4NO2. The minimum absolute atomic E-state index is 0.0131. The van der Waals surface area contributed by atoms with E-state index in [4.69, 9.17) is 0 Å². The lowest BCUT2D eigenvalue weighted by molar-refractivity contribution is -0.959. The summed E-state index contributed by atoms with van der Waals surface area (Å²) in [5.41, 5.74) is 2.12. The second kappa shape index (κ2) is 10.7. The standard InChI is InChI=1S/C22H28NO2.BF4/c1-23(21(17-24)18-10-4-2-5-11-18)15-9-8-14-20(23)16-22(25)19-12-6-3-7-13-19;2-1(3,4)5/h2-13,20-22,24-25H,14-17H2,1H3;/q+1;-1/t20-,21+,22-,23?;/m0./s1. The van der Waals surface area contributed by atoms with Crippen LogP contribution in [0.5, 0.6) is 0 Å². The average molecular weight is 425 g/mol. The van der Waals surface area contributed by atoms with Gasteiger partial charge in [-0.1, -0.05) is 66.7 Å². The van der Waals surface area contributed by atoms with Gasteiger partial charge in [0.15, 0.2) is 0 Å². The fraction of sp³-hybridized carbons (Fsp3) is 0.364. The summed E-state index contributed by atoms with van der Waals surface area (Å²) in [7, 11) is -3.79. The van der Waals surface area contributed by atoms with Crippen molar-refractivity contribution in [3.05, 3.63) is 83.9 Å². The molecule has 1 unspecified atom stereocenters. The van der Waals surface area contributed by atoms with Gasteiger partial charge in [0, 0.05) is 18.4 Å². The third-order valence-electron chi connectivity index (χ3n) is 5.66. The van der Waals surface area contributed by atoms with E-state index in [1.54, 1.807) is 0 Å². The number of hydrogen-bond acceptors (Lipinski definition) is 2. The quantitative estimate of drug-likeness (QED) is 0.299. The molecule has 0 aromatic heterocycles. The van der Waals surface area contributed by atoms with Crippen LogP contribution < -0.4 is 0 Å². The van der Waals surface area contributed by atoms with Gasteiger partial charge >= 0.3 is 7.25 Å². The zero-order valence-electron chi connectivity index (χ0n) is 16.9. The van der Waals surface area contributed by atoms with E-state index in [9.17, 15) is 27.5 Å². The van der Waals surface area contributed by atoms with Gasteiger partial charge in [-0.05, 0) is 11.6 Å². The number of benzene rings is 2. The minimum atomic E-state index is -6.00. The first-order valence-electron chi connectivity index (χ1n) is 9.91. The molecule has 2 aromatic rings. The van der Waals surface area contributed by atoms with Gasteiger partial charge in [0.05, 0.1) is 32.3 Å². The molecule has 2 N–H and O–H groups in total. The smallest absolute Gasteiger partial charge is 0.418 e. The maximum absolute atomic E-state index is 10.7. The predicted octanol–water partition coefficient (Wildman–Crippen LogP) is 4.92. The third kappa shape index (κ3) is 6.97. The summed E-state index contributed by atoms with van der Waals surface area (Å²) in [5.74, 6) is 0. The molecule has 1 heterocycles. The van der Waals surface area contributed by atoms with Crippen molar-refractivity contribution in [2.45, 2.75) is 31.0 Å². The van der Waals surface area contributed by atoms with Crippen molar-refractivity contribution in [1.29, 1.82) is 0 Å². The molecule has 3 nitrogen and oxygen atoms in total. The van der Waals surface area contributed by atoms with Crippen molar-refractivity contribution in [2.24, 2.45) is 0 Å². The molecule has 1 aliphatic rings. The first kappa shape index (κ1) is 24.1. The maximum Gasteiger partial charge on any atom is 0.673 e. The van der Waals surface area contributed by atoms with Crippen LogP contribution in [0.1, 0.15) is 36.1 Å². The summed E-state index contributed by atoms with van der Waals surface area (Å²) in [6.45, 7) is 0.971. The lowest BCUT2D eigenvalue weighted by atomic mass is 9.91. The van der Waals surface area contributed by atoms with Crippen molar-refractivity contribution in [2.75, 3.05) is 20.2 Å². The second-order valence-electron chi connectivity index (χ2n) is 7.66. The number of nitrogens with zero attached hydrogens (tertiary/aromatic N) is 1. The first-order chi connectivity index (χ1) is 14.1. The molecule has 1 aliphatic heterocycles. The number of aliphatic hydroxyl groups excluding tert-OH is 2. The fourth-order valence-corrected chi connectivity index (χ4v) is 4.04. The molecule has 0 saturated heterocycles. The molecule has 0 saturated carbocycles. The van der Waals surface area contributed by atoms with Crippen LogP contribution in [0.15, 0.2) is 72.8 Å². The zero-order chi connectivity index (χ0) is 22.2. The Morgan fingerprint density at radius 3 is 1.93 bits per heavy atom. The second-order valence-corrected chi connectivity index (χ2v) is 7.66. The highest BCUT2D eigenvalue weighted by Gasteiger charge is 2.41. The molecule has 164 valence electrons. The lowest BCUT2D eigenvalue weighted by Gasteiger charge is -2.48. The van der Waals surface area contributed by atoms with E-state index in [1.807, 2.05) is 48.5 Å². The number of rotatable bonds is 6. The summed E-state index contributed by atoms with van der Waals surface area (Å²) in [5, 5.41) is 20.9. The van der Waals surface area contributed by atoms with E-state index in [1.165, 1.54) is 0 Å². The van der Waals surface area contributed by atoms with Crippen molar-refractivity contribution < 1.29 is 32.0 Å². The van der Waals surface area contributed by atoms with Crippen LogP contribution in [0, 0.1) is 0 Å². The fourth-order valence-electron chi connectivity index (χ4n) is 4.04. The Morgan fingerprint density at radius 1 is 0.933 bits per heavy atom. The molecule has 3 rings (SSSR count). The number of halogens is 4. The van der Waals surface area contributed by atoms with E-state index < -0.39 is 13.4 Å². The van der Waals surface area contributed by atoms with Crippen LogP contribution in [0.3, 0.4) is 0 Å². The highest BCUT2D eigenvalue weighted by molar-refractivity contribution is 6.50. The van der Waals surface area contributed by atoms with E-state index in [0.717, 1.165) is 28.6 Å². The van der Waals surface area contributed by atoms with Crippen molar-refractivity contribution >= 4 is 7.25 Å². The van der Waals surface area contributed by atoms with E-state index >= 15 is 0 Å². The Balaban J connectivity index is 0.000000575. The Labute approximate surface area is 175 Å². The van der Waals surface area contributed by atoms with E-state index in [2.05, 4.69) is 31.3 Å². The topological polar surface area (TPSA) is 40.5 Å². The highest BCUT2D eigenvalue weighted by atomic mass is 19.5. The first-order valence-corrected chi connectivity index (χ1v) is 9.91. The maximum atomic E-state index is 10.7. The average Bonchev–Trinajstić information content (AvgIpc) is 2.70. The van der Waals surface area contributed by atoms with Gasteiger partial charge in [-0.3, -0.25) is 0 Å². The SMILES string of the molecule is C[N+]1([C@H](CO)c2ccccc2)CC=CC[C@H]1C[C@H](O)c1ccccc1.F[B-](F)(F)F. The number of aliphatic hydroxyl groups is 2. The lowest BCUT2D eigenvalue weighted by Crippen LogP contribution is -2.57. The molecule has 0 radical (unpaired) electrons. The molecule has 4 atom stereocenters. The predicted molar refractivity (Wildman–Crippen MR) is 111 cm³/mol. The van der Waals surface area contributed by atoms with Crippen LogP contribution in [-0.2, 0) is 0 Å². The molecule has 8 heteroatoms. The summed E-state index contributed by atoms with van der Waals surface area (Å²) >= 11 is 0. The van der Waals surface area contributed by atoms with Gasteiger partial charge < -0.3 is 32.0 Å². The van der Waals surface area contributed by atoms with Gasteiger partial charge in [-0.2, -0.15) is 0 Å². The van der Waals surface area contributed by atoms with Gasteiger partial charge in [0.25, 0.3) is 0 Å². The van der Waals surface area contributed by atoms with E-state index in [-0.39, 0.29) is 18.7 Å². The van der Waals surface area contributed by atoms with Crippen LogP contribution in [0.4, 0.5) is 17.3 Å². The molecule has 0 spiro atoms. The summed E-state index contributed by atoms with van der Waals surface area (Å²) < 4.78 is 39.7. The molecule has 0 bridgehead atoms. The van der Waals surface area contributed by atoms with Gasteiger partial charge in [-0.25, -0.2) is 0 Å². The Morgan fingerprint density at radius 2 is 1.43 bits per heavy atom. The van der Waals surface area contributed by atoms with Gasteiger partial charge in [0.2, 0.25) is 0 Å². The van der Waals surface area contributed by atoms with Crippen LogP contribution in [0.2, 0.25) is 0 Å². The summed E-state index contributed by atoms with van der Waals surface area (Å²) in [6.07, 6.45) is 5.54. The van der Waals surface area contributed by atoms with Crippen molar-refractivity contribution in [1.82, 2.24) is 0 Å². The molecule has 0 aliphatic carbocycles. The molecule has 30 heavy (non-hydrogen) atoms. The molecule has 0 amide bonds. The largest absolute Gasteiger partial charge is 0.673 e. The van der Waals surface area contributed by atoms with Crippen molar-refractivity contribution in [3.8, 4) is 0 Å². The highest BCUT2D eigenvalue weighted by Crippen LogP contribution is 2.37. The molecule has 0 fully saturated rings. The van der Waals surface area contributed by atoms with Gasteiger partial charge in [0.1, 0.15) is 6.04 Å². The third-order valence-corrected chi connectivity index (χ3v) is 5.66. The Hall–Kier alpha value is -2.16. The zero-order valence-corrected chi connectivity index (χ0v) is 16.9. The number of quaternary nitrogens is 1. The van der Waals surface area contributed by atoms with Crippen LogP contribution in [0.25, 0.3) is 0 Å². The number of hydrogen-bond donors (Lipinski definition) is 2.